The summed E-state index contributed by atoms with van der Waals surface area (Å²) in [5, 5.41) is 7.09. The first-order valence-electron chi connectivity index (χ1n) is 8.23. The van der Waals surface area contributed by atoms with Crippen LogP contribution in [0.25, 0.3) is 5.82 Å². The van der Waals surface area contributed by atoms with Crippen molar-refractivity contribution in [2.75, 3.05) is 6.54 Å². The van der Waals surface area contributed by atoms with Crippen LogP contribution in [0.4, 0.5) is 0 Å². The lowest BCUT2D eigenvalue weighted by Crippen LogP contribution is -2.33. The van der Waals surface area contributed by atoms with Crippen LogP contribution >= 0.6 is 0 Å². The molecule has 124 valence electrons. The smallest absolute Gasteiger partial charge is 0.225 e. The highest BCUT2D eigenvalue weighted by Crippen LogP contribution is 2.32. The molecule has 24 heavy (non-hydrogen) atoms. The quantitative estimate of drug-likeness (QED) is 0.885. The molecule has 2 aliphatic rings. The van der Waals surface area contributed by atoms with Crippen LogP contribution < -0.4 is 5.32 Å². The normalized spacial score (nSPS) is 20.4. The molecule has 1 saturated carbocycles. The predicted octanol–water partition coefficient (Wildman–Crippen LogP) is 0.894. The fraction of sp³-hybridized carbons (Fsp3) is 0.412. The van der Waals surface area contributed by atoms with E-state index in [9.17, 15) is 9.59 Å². The maximum Gasteiger partial charge on any atom is 0.225 e. The van der Waals surface area contributed by atoms with E-state index in [1.54, 1.807) is 17.1 Å². The lowest BCUT2D eigenvalue weighted by Gasteiger charge is -2.15. The Morgan fingerprint density at radius 1 is 1.33 bits per heavy atom. The summed E-state index contributed by atoms with van der Waals surface area (Å²) in [4.78, 5) is 30.4. The number of likely N-dealkylation sites (tertiary alicyclic amines) is 1. The number of rotatable bonds is 5. The summed E-state index contributed by atoms with van der Waals surface area (Å²) in [7, 11) is 0. The lowest BCUT2D eigenvalue weighted by molar-refractivity contribution is -0.129. The average Bonchev–Trinajstić information content (AvgIpc) is 3.13. The predicted molar refractivity (Wildman–Crippen MR) is 86.0 cm³/mol. The number of carbonyl (C=O) groups excluding carboxylic acids is 2. The SMILES string of the molecule is O=C(NCc1ccnc(-n2cccn2)c1)[C@@H]1CC(=O)N(C2CC2)C1. The Morgan fingerprint density at radius 3 is 2.96 bits per heavy atom. The van der Waals surface area contributed by atoms with Crippen molar-refractivity contribution in [1.29, 1.82) is 0 Å². The first-order chi connectivity index (χ1) is 11.7. The van der Waals surface area contributed by atoms with Crippen molar-refractivity contribution in [2.45, 2.75) is 31.8 Å². The molecule has 0 spiro atoms. The fourth-order valence-electron chi connectivity index (χ4n) is 3.08. The molecule has 1 saturated heterocycles. The van der Waals surface area contributed by atoms with Gasteiger partial charge in [0.1, 0.15) is 0 Å². The lowest BCUT2D eigenvalue weighted by atomic mass is 10.1. The van der Waals surface area contributed by atoms with Crippen LogP contribution in [-0.4, -0.2) is 44.1 Å². The topological polar surface area (TPSA) is 80.1 Å². The number of aromatic nitrogens is 3. The fourth-order valence-corrected chi connectivity index (χ4v) is 3.08. The molecule has 2 aromatic heterocycles. The highest BCUT2D eigenvalue weighted by molar-refractivity contribution is 5.89. The Hall–Kier alpha value is -2.70. The summed E-state index contributed by atoms with van der Waals surface area (Å²) in [6.45, 7) is 0.980. The van der Waals surface area contributed by atoms with E-state index in [0.29, 0.717) is 31.4 Å². The van der Waals surface area contributed by atoms with Gasteiger partial charge < -0.3 is 10.2 Å². The van der Waals surface area contributed by atoms with Crippen LogP contribution in [0.1, 0.15) is 24.8 Å². The van der Waals surface area contributed by atoms with Crippen molar-refractivity contribution in [3.8, 4) is 5.82 Å². The van der Waals surface area contributed by atoms with Crippen molar-refractivity contribution >= 4 is 11.8 Å². The minimum Gasteiger partial charge on any atom is -0.352 e. The summed E-state index contributed by atoms with van der Waals surface area (Å²) < 4.78 is 1.68. The Bertz CT molecular complexity index is 754. The summed E-state index contributed by atoms with van der Waals surface area (Å²) in [6, 6.07) is 5.97. The van der Waals surface area contributed by atoms with E-state index in [0.717, 1.165) is 18.4 Å². The van der Waals surface area contributed by atoms with Gasteiger partial charge >= 0.3 is 0 Å². The molecule has 1 atom stereocenters. The van der Waals surface area contributed by atoms with Gasteiger partial charge in [-0.05, 0) is 36.6 Å². The first-order valence-corrected chi connectivity index (χ1v) is 8.23. The van der Waals surface area contributed by atoms with Gasteiger partial charge in [-0.1, -0.05) is 0 Å². The number of nitrogens with one attached hydrogen (secondary N) is 1. The largest absolute Gasteiger partial charge is 0.352 e. The van der Waals surface area contributed by atoms with Crippen LogP contribution in [0.3, 0.4) is 0 Å². The molecule has 7 heteroatoms. The van der Waals surface area contributed by atoms with Gasteiger partial charge in [-0.2, -0.15) is 5.10 Å². The second kappa shape index (κ2) is 6.07. The van der Waals surface area contributed by atoms with E-state index < -0.39 is 0 Å². The minimum atomic E-state index is -0.231. The van der Waals surface area contributed by atoms with Crippen LogP contribution in [0, 0.1) is 5.92 Å². The molecule has 1 N–H and O–H groups in total. The van der Waals surface area contributed by atoms with Gasteiger partial charge in [-0.3, -0.25) is 9.59 Å². The summed E-state index contributed by atoms with van der Waals surface area (Å²) in [5.74, 6) is 0.541. The van der Waals surface area contributed by atoms with Gasteiger partial charge in [-0.15, -0.1) is 0 Å². The molecule has 1 aliphatic heterocycles. The summed E-state index contributed by atoms with van der Waals surface area (Å²) in [5.41, 5.74) is 0.951. The molecular weight excluding hydrogens is 306 g/mol. The van der Waals surface area contributed by atoms with Crippen LogP contribution in [0.5, 0.6) is 0 Å². The second-order valence-corrected chi connectivity index (χ2v) is 6.37. The average molecular weight is 325 g/mol. The third kappa shape index (κ3) is 3.02. The van der Waals surface area contributed by atoms with Gasteiger partial charge in [0.2, 0.25) is 11.8 Å². The number of amides is 2. The number of carbonyl (C=O) groups is 2. The zero-order valence-corrected chi connectivity index (χ0v) is 13.3. The molecule has 2 amide bonds. The van der Waals surface area contributed by atoms with Gasteiger partial charge in [0.05, 0.1) is 5.92 Å². The van der Waals surface area contributed by atoms with Crippen LogP contribution in [0.15, 0.2) is 36.8 Å². The van der Waals surface area contributed by atoms with E-state index in [1.807, 2.05) is 29.3 Å². The molecule has 0 unspecified atom stereocenters. The van der Waals surface area contributed by atoms with Gasteiger partial charge in [0.25, 0.3) is 0 Å². The minimum absolute atomic E-state index is 0.0519. The second-order valence-electron chi connectivity index (χ2n) is 6.37. The number of hydrogen-bond acceptors (Lipinski definition) is 4. The zero-order valence-electron chi connectivity index (χ0n) is 13.3. The highest BCUT2D eigenvalue weighted by atomic mass is 16.2. The molecule has 2 aromatic rings. The monoisotopic (exact) mass is 325 g/mol. The Labute approximate surface area is 139 Å². The molecule has 2 fully saturated rings. The number of hydrogen-bond donors (Lipinski definition) is 1. The van der Waals surface area contributed by atoms with Crippen LogP contribution in [0.2, 0.25) is 0 Å². The molecule has 3 heterocycles. The Morgan fingerprint density at radius 2 is 2.21 bits per heavy atom. The zero-order chi connectivity index (χ0) is 16.5. The van der Waals surface area contributed by atoms with E-state index in [4.69, 9.17) is 0 Å². The van der Waals surface area contributed by atoms with Crippen molar-refractivity contribution in [3.63, 3.8) is 0 Å². The van der Waals surface area contributed by atoms with Crippen molar-refractivity contribution in [1.82, 2.24) is 25.0 Å². The molecule has 0 radical (unpaired) electrons. The maximum absolute atomic E-state index is 12.3. The Balaban J connectivity index is 1.36. The summed E-state index contributed by atoms with van der Waals surface area (Å²) >= 11 is 0. The standard InChI is InChI=1S/C17H19N5O2/c23-16-9-13(11-21(16)14-2-3-14)17(24)19-10-12-4-6-18-15(8-12)22-7-1-5-20-22/h1,4-8,13-14H,2-3,9-11H2,(H,19,24)/t13-/m1/s1. The van der Waals surface area contributed by atoms with E-state index in [-0.39, 0.29) is 17.7 Å². The third-order valence-corrected chi connectivity index (χ3v) is 4.53. The summed E-state index contributed by atoms with van der Waals surface area (Å²) in [6.07, 6.45) is 7.70. The van der Waals surface area contributed by atoms with Gasteiger partial charge in [0, 0.05) is 44.1 Å². The van der Waals surface area contributed by atoms with E-state index >= 15 is 0 Å². The maximum atomic E-state index is 12.3. The molecule has 0 aromatic carbocycles. The van der Waals surface area contributed by atoms with Gasteiger partial charge in [0.15, 0.2) is 5.82 Å². The molecular formula is C17H19N5O2. The molecule has 7 nitrogen and oxygen atoms in total. The van der Waals surface area contributed by atoms with Crippen LogP contribution in [-0.2, 0) is 16.1 Å². The number of nitrogens with zero attached hydrogens (tertiary/aromatic N) is 4. The molecule has 0 bridgehead atoms. The van der Waals surface area contributed by atoms with Crippen molar-refractivity contribution < 1.29 is 9.59 Å². The third-order valence-electron chi connectivity index (χ3n) is 4.53. The van der Waals surface area contributed by atoms with Crippen molar-refractivity contribution in [3.05, 3.63) is 42.4 Å². The molecule has 4 rings (SSSR count). The first kappa shape index (κ1) is 14.9. The van der Waals surface area contributed by atoms with Gasteiger partial charge in [-0.25, -0.2) is 9.67 Å². The van der Waals surface area contributed by atoms with E-state index in [2.05, 4.69) is 15.4 Å². The number of pyridine rings is 1. The van der Waals surface area contributed by atoms with Crippen molar-refractivity contribution in [2.24, 2.45) is 5.92 Å². The molecule has 1 aliphatic carbocycles. The van der Waals surface area contributed by atoms with E-state index in [1.165, 1.54) is 0 Å². The Kier molecular flexibility index (Phi) is 3.76. The highest BCUT2D eigenvalue weighted by Gasteiger charge is 2.41.